The van der Waals surface area contributed by atoms with Crippen molar-refractivity contribution in [3.63, 3.8) is 0 Å². The summed E-state index contributed by atoms with van der Waals surface area (Å²) >= 11 is 0. The third-order valence-electron chi connectivity index (χ3n) is 5.07. The van der Waals surface area contributed by atoms with Crippen molar-refractivity contribution in [3.05, 3.63) is 55.0 Å². The Morgan fingerprint density at radius 1 is 1.11 bits per heavy atom. The quantitative estimate of drug-likeness (QED) is 0.753. The second-order valence-electron chi connectivity index (χ2n) is 7.00. The van der Waals surface area contributed by atoms with Crippen LogP contribution in [0.2, 0.25) is 0 Å². The van der Waals surface area contributed by atoms with E-state index >= 15 is 0 Å². The van der Waals surface area contributed by atoms with Gasteiger partial charge in [-0.2, -0.15) is 5.10 Å². The van der Waals surface area contributed by atoms with Crippen LogP contribution in [-0.4, -0.2) is 31.7 Å². The Labute approximate surface area is 158 Å². The number of carbonyl (C=O) groups is 1. The fourth-order valence-electron chi connectivity index (χ4n) is 3.49. The first-order valence-corrected chi connectivity index (χ1v) is 9.44. The van der Waals surface area contributed by atoms with E-state index in [9.17, 15) is 4.79 Å². The second kappa shape index (κ2) is 7.70. The molecule has 2 aromatic heterocycles. The lowest BCUT2D eigenvalue weighted by molar-refractivity contribution is -0.124. The highest BCUT2D eigenvalue weighted by atomic mass is 16.2. The molecular formula is C21H23N5O. The van der Waals surface area contributed by atoms with Gasteiger partial charge in [-0.15, -0.1) is 0 Å². The third-order valence-corrected chi connectivity index (χ3v) is 5.07. The molecule has 3 aromatic rings. The van der Waals surface area contributed by atoms with E-state index in [4.69, 9.17) is 0 Å². The van der Waals surface area contributed by atoms with Gasteiger partial charge in [0.15, 0.2) is 5.82 Å². The van der Waals surface area contributed by atoms with Crippen molar-refractivity contribution >= 4 is 5.91 Å². The number of rotatable bonds is 5. The lowest BCUT2D eigenvalue weighted by Gasteiger charge is -2.16. The number of aromatic nitrogens is 4. The van der Waals surface area contributed by atoms with Crippen LogP contribution in [0.25, 0.3) is 22.6 Å². The largest absolute Gasteiger partial charge is 0.352 e. The number of hydrogen-bond donors (Lipinski definition) is 1. The highest BCUT2D eigenvalue weighted by Crippen LogP contribution is 2.24. The van der Waals surface area contributed by atoms with Gasteiger partial charge in [0.25, 0.3) is 0 Å². The van der Waals surface area contributed by atoms with Crippen LogP contribution in [0.4, 0.5) is 0 Å². The summed E-state index contributed by atoms with van der Waals surface area (Å²) in [5.74, 6) is 0.714. The first-order chi connectivity index (χ1) is 13.2. The normalized spacial score (nSPS) is 15.6. The first-order valence-electron chi connectivity index (χ1n) is 9.44. The number of amides is 1. The second-order valence-corrected chi connectivity index (χ2v) is 7.00. The van der Waals surface area contributed by atoms with Gasteiger partial charge in [-0.25, -0.2) is 9.97 Å². The molecule has 1 saturated carbocycles. The highest BCUT2D eigenvalue weighted by molar-refractivity contribution is 5.80. The van der Waals surface area contributed by atoms with Crippen molar-refractivity contribution < 1.29 is 4.79 Å². The molecule has 0 saturated heterocycles. The standard InChI is InChI=1S/C21H23N5O/c1-15(21(27)24-18-8-2-3-9-18)26-13-10-19(25-26)16-6-4-7-17(14-16)20-22-11-5-12-23-20/h4-7,10-15,18H,2-3,8-9H2,1H3,(H,24,27). The fourth-order valence-corrected chi connectivity index (χ4v) is 3.49. The Kier molecular flexibility index (Phi) is 4.96. The van der Waals surface area contributed by atoms with Crippen LogP contribution in [0, 0.1) is 0 Å². The van der Waals surface area contributed by atoms with Gasteiger partial charge in [-0.1, -0.05) is 31.0 Å². The first kappa shape index (κ1) is 17.4. The van der Waals surface area contributed by atoms with Gasteiger partial charge in [0.2, 0.25) is 5.91 Å². The fraction of sp³-hybridized carbons (Fsp3) is 0.333. The molecule has 0 aliphatic heterocycles. The molecule has 1 atom stereocenters. The zero-order valence-corrected chi connectivity index (χ0v) is 15.4. The molecule has 0 spiro atoms. The van der Waals surface area contributed by atoms with E-state index in [1.807, 2.05) is 43.5 Å². The van der Waals surface area contributed by atoms with Gasteiger partial charge in [-0.3, -0.25) is 9.48 Å². The summed E-state index contributed by atoms with van der Waals surface area (Å²) in [6.07, 6.45) is 9.89. The van der Waals surface area contributed by atoms with Gasteiger partial charge in [0, 0.05) is 35.8 Å². The van der Waals surface area contributed by atoms with Crippen LogP contribution in [0.5, 0.6) is 0 Å². The number of hydrogen-bond acceptors (Lipinski definition) is 4. The average Bonchev–Trinajstić information content (AvgIpc) is 3.40. The molecule has 1 aromatic carbocycles. The van der Waals surface area contributed by atoms with E-state index in [1.165, 1.54) is 12.8 Å². The SMILES string of the molecule is CC(C(=O)NC1CCCC1)n1ccc(-c2cccc(-c3ncccn3)c2)n1. The van der Waals surface area contributed by atoms with Gasteiger partial charge in [0.1, 0.15) is 6.04 Å². The van der Waals surface area contributed by atoms with Crippen molar-refractivity contribution in [3.8, 4) is 22.6 Å². The molecule has 1 N–H and O–H groups in total. The molecule has 1 unspecified atom stereocenters. The zero-order valence-electron chi connectivity index (χ0n) is 15.4. The summed E-state index contributed by atoms with van der Waals surface area (Å²) in [5, 5.41) is 7.77. The molecule has 2 heterocycles. The average molecular weight is 361 g/mol. The van der Waals surface area contributed by atoms with E-state index in [1.54, 1.807) is 23.1 Å². The Hall–Kier alpha value is -3.02. The van der Waals surface area contributed by atoms with Crippen LogP contribution >= 0.6 is 0 Å². The number of nitrogens with zero attached hydrogens (tertiary/aromatic N) is 4. The van der Waals surface area contributed by atoms with Crippen molar-refractivity contribution in [1.82, 2.24) is 25.1 Å². The molecule has 6 heteroatoms. The zero-order chi connectivity index (χ0) is 18.6. The molecule has 1 amide bonds. The molecule has 1 aliphatic carbocycles. The Balaban J connectivity index is 1.51. The lowest BCUT2D eigenvalue weighted by atomic mass is 10.1. The summed E-state index contributed by atoms with van der Waals surface area (Å²) in [6, 6.07) is 11.7. The Bertz CT molecular complexity index is 915. The van der Waals surface area contributed by atoms with Gasteiger partial charge >= 0.3 is 0 Å². The molecular weight excluding hydrogens is 338 g/mol. The Morgan fingerprint density at radius 3 is 2.63 bits per heavy atom. The van der Waals surface area contributed by atoms with Crippen molar-refractivity contribution in [1.29, 1.82) is 0 Å². The maximum atomic E-state index is 12.5. The predicted octanol–water partition coefficient (Wildman–Crippen LogP) is 3.63. The summed E-state index contributed by atoms with van der Waals surface area (Å²) in [7, 11) is 0. The van der Waals surface area contributed by atoms with Crippen LogP contribution in [-0.2, 0) is 4.79 Å². The molecule has 138 valence electrons. The van der Waals surface area contributed by atoms with E-state index < -0.39 is 0 Å². The smallest absolute Gasteiger partial charge is 0.244 e. The van der Waals surface area contributed by atoms with Crippen LogP contribution in [0.1, 0.15) is 38.6 Å². The lowest BCUT2D eigenvalue weighted by Crippen LogP contribution is -2.37. The maximum absolute atomic E-state index is 12.5. The van der Waals surface area contributed by atoms with Crippen LogP contribution < -0.4 is 5.32 Å². The molecule has 6 nitrogen and oxygen atoms in total. The summed E-state index contributed by atoms with van der Waals surface area (Å²) < 4.78 is 1.73. The maximum Gasteiger partial charge on any atom is 0.244 e. The monoisotopic (exact) mass is 361 g/mol. The molecule has 1 aliphatic rings. The minimum Gasteiger partial charge on any atom is -0.352 e. The topological polar surface area (TPSA) is 72.7 Å². The van der Waals surface area contributed by atoms with E-state index in [-0.39, 0.29) is 11.9 Å². The van der Waals surface area contributed by atoms with Gasteiger partial charge in [-0.05, 0) is 38.0 Å². The summed E-state index contributed by atoms with van der Waals surface area (Å²) in [4.78, 5) is 21.1. The number of carbonyl (C=O) groups excluding carboxylic acids is 1. The molecule has 1 fully saturated rings. The van der Waals surface area contributed by atoms with Gasteiger partial charge in [0.05, 0.1) is 5.69 Å². The minimum absolute atomic E-state index is 0.0305. The number of nitrogens with one attached hydrogen (secondary N) is 1. The van der Waals surface area contributed by atoms with Crippen molar-refractivity contribution in [2.45, 2.75) is 44.7 Å². The third kappa shape index (κ3) is 3.89. The van der Waals surface area contributed by atoms with E-state index in [0.717, 1.165) is 29.7 Å². The van der Waals surface area contributed by atoms with Crippen molar-refractivity contribution in [2.75, 3.05) is 0 Å². The van der Waals surface area contributed by atoms with E-state index in [0.29, 0.717) is 11.9 Å². The Morgan fingerprint density at radius 2 is 1.85 bits per heavy atom. The number of benzene rings is 1. The summed E-state index contributed by atoms with van der Waals surface area (Å²) in [6.45, 7) is 1.88. The predicted molar refractivity (Wildman–Crippen MR) is 104 cm³/mol. The van der Waals surface area contributed by atoms with Crippen LogP contribution in [0.15, 0.2) is 55.0 Å². The molecule has 27 heavy (non-hydrogen) atoms. The van der Waals surface area contributed by atoms with Crippen molar-refractivity contribution in [2.24, 2.45) is 0 Å². The van der Waals surface area contributed by atoms with Crippen LogP contribution in [0.3, 0.4) is 0 Å². The molecule has 4 rings (SSSR count). The molecule has 0 radical (unpaired) electrons. The summed E-state index contributed by atoms with van der Waals surface area (Å²) in [5.41, 5.74) is 2.74. The highest BCUT2D eigenvalue weighted by Gasteiger charge is 2.22. The van der Waals surface area contributed by atoms with Gasteiger partial charge < -0.3 is 5.32 Å². The molecule has 0 bridgehead atoms. The minimum atomic E-state index is -0.333. The van der Waals surface area contributed by atoms with E-state index in [2.05, 4.69) is 20.4 Å².